The molecule has 2 N–H and O–H groups in total. The summed E-state index contributed by atoms with van der Waals surface area (Å²) in [6, 6.07) is 19.5. The lowest BCUT2D eigenvalue weighted by Crippen LogP contribution is -2.52. The quantitative estimate of drug-likeness (QED) is 0.0485. The monoisotopic (exact) mass is 912 g/mol. The predicted molar refractivity (Wildman–Crippen MR) is 252 cm³/mol. The van der Waals surface area contributed by atoms with Crippen LogP contribution in [0.15, 0.2) is 48.5 Å². The first kappa shape index (κ1) is 51.4. The Kier molecular flexibility index (Phi) is 20.8. The predicted octanol–water partition coefficient (Wildman–Crippen LogP) is 10.6. The van der Waals surface area contributed by atoms with Gasteiger partial charge in [0, 0.05) is 13.2 Å². The maximum absolute atomic E-state index is 9.97. The molecule has 4 rings (SSSR count). The first-order valence-corrected chi connectivity index (χ1v) is 39.8. The molecule has 0 radical (unpaired) electrons. The van der Waals surface area contributed by atoms with Crippen LogP contribution in [0.2, 0.25) is 103 Å². The van der Waals surface area contributed by atoms with Gasteiger partial charge in [0.15, 0.2) is 33.3 Å². The Morgan fingerprint density at radius 1 is 0.483 bits per heavy atom. The summed E-state index contributed by atoms with van der Waals surface area (Å²) in [6.07, 6.45) is 6.60. The van der Waals surface area contributed by atoms with Gasteiger partial charge < -0.3 is 45.6 Å². The minimum absolute atomic E-state index is 0.353. The van der Waals surface area contributed by atoms with E-state index in [2.05, 4.69) is 78.6 Å². The molecule has 0 spiro atoms. The van der Waals surface area contributed by atoms with Crippen LogP contribution in [-0.4, -0.2) is 112 Å². The molecule has 2 unspecified atom stereocenters. The molecule has 0 amide bonds. The van der Waals surface area contributed by atoms with Crippen molar-refractivity contribution >= 4 is 50.4 Å². The maximum atomic E-state index is 9.97. The Bertz CT molecular complexity index is 1380. The smallest absolute Gasteiger partial charge is 0.311 e. The van der Waals surface area contributed by atoms with E-state index in [0.717, 1.165) is 113 Å². The van der Waals surface area contributed by atoms with E-state index >= 15 is 0 Å². The number of phenolic OH excluding ortho intramolecular Hbond substituents is 2. The number of para-hydroxylation sites is 2. The number of hydrogen-bond donors (Lipinski definition) is 2. The highest BCUT2D eigenvalue weighted by Gasteiger charge is 2.40. The lowest BCUT2D eigenvalue weighted by molar-refractivity contribution is 0.116. The molecule has 16 heteroatoms. The van der Waals surface area contributed by atoms with Crippen LogP contribution in [-0.2, 0) is 48.2 Å². The van der Waals surface area contributed by atoms with E-state index in [9.17, 15) is 10.2 Å². The number of aromatic hydroxyl groups is 2. The first-order valence-electron chi connectivity index (χ1n) is 21.7. The van der Waals surface area contributed by atoms with Crippen molar-refractivity contribution in [2.75, 3.05) is 39.6 Å². The summed E-state index contributed by atoms with van der Waals surface area (Å²) in [4.78, 5) is 0. The number of aryl methyl sites for hydroxylation is 2. The molecule has 58 heavy (non-hydrogen) atoms. The molecule has 2 aliphatic heterocycles. The largest absolute Gasteiger partial charge is 0.508 e. The lowest BCUT2D eigenvalue weighted by Gasteiger charge is -2.39. The van der Waals surface area contributed by atoms with Gasteiger partial charge in [0.05, 0.1) is 26.4 Å². The Morgan fingerprint density at radius 2 is 0.776 bits per heavy atom. The topological polar surface area (TPSA) is 121 Å². The van der Waals surface area contributed by atoms with Gasteiger partial charge in [-0.2, -0.15) is 0 Å². The highest BCUT2D eigenvalue weighted by atomic mass is 28.5. The normalized spacial score (nSPS) is 17.5. The SMILES string of the molecule is C[Si](C)(CCCOCC1CO1)O[Si](C)(C)O[Si](C)(C)CCCOCC1CO1.C[Si](C)(CCCc1ccccc1O)O[Si](C)(C)O[Si](C)(C)CCCc1ccccc1O. The zero-order valence-electron chi connectivity index (χ0n) is 38.2. The molecule has 0 aromatic heterocycles. The van der Waals surface area contributed by atoms with Crippen molar-refractivity contribution in [1.29, 1.82) is 0 Å². The third-order valence-corrected chi connectivity index (χ3v) is 33.0. The molecule has 332 valence electrons. The molecule has 2 fully saturated rings. The fraction of sp³-hybridized carbons (Fsp3) is 0.714. The second-order valence-electron chi connectivity index (χ2n) is 19.5. The number of benzene rings is 2. The van der Waals surface area contributed by atoms with Crippen molar-refractivity contribution in [1.82, 2.24) is 0 Å². The van der Waals surface area contributed by atoms with Crippen molar-refractivity contribution in [3.05, 3.63) is 59.7 Å². The van der Waals surface area contributed by atoms with Crippen LogP contribution in [0.3, 0.4) is 0 Å². The van der Waals surface area contributed by atoms with Crippen molar-refractivity contribution in [2.24, 2.45) is 0 Å². The van der Waals surface area contributed by atoms with Crippen LogP contribution < -0.4 is 0 Å². The van der Waals surface area contributed by atoms with Crippen molar-refractivity contribution < 1.29 is 45.6 Å². The second-order valence-corrected chi connectivity index (χ2v) is 44.4. The Labute approximate surface area is 358 Å². The highest BCUT2D eigenvalue weighted by molar-refractivity contribution is 6.88. The van der Waals surface area contributed by atoms with Gasteiger partial charge in [0.25, 0.3) is 0 Å². The molecular formula is C42H80O10Si6. The first-order chi connectivity index (χ1) is 27.0. The third kappa shape index (κ3) is 23.3. The molecule has 2 aliphatic rings. The lowest BCUT2D eigenvalue weighted by atomic mass is 10.1. The standard InChI is InChI=1S/C24H40O4Si3.C18H40O6Si3/c1-29(2,19-11-15-21-13-7-9-17-23(21)25)27-31(5,6)28-30(3,4)20-12-16-22-14-8-10-18-24(22)26;1-25(2,11-7-9-19-13-17-15-21-17)23-27(5,6)24-26(3,4)12-8-10-20-14-18-16-22-18/h7-10,13-14,17-18,25-26H,11-12,15-16,19-20H2,1-6H3;17-18H,7-16H2,1-6H3. The molecule has 2 aromatic carbocycles. The number of epoxide rings is 2. The van der Waals surface area contributed by atoms with Gasteiger partial charge in [-0.15, -0.1) is 0 Å². The third-order valence-electron chi connectivity index (χ3n) is 10.1. The van der Waals surface area contributed by atoms with Crippen LogP contribution in [0.25, 0.3) is 0 Å². The fourth-order valence-electron chi connectivity index (χ4n) is 7.72. The number of hydrogen-bond acceptors (Lipinski definition) is 10. The molecule has 2 atom stereocenters. The average Bonchev–Trinajstić information content (AvgIpc) is 4.01. The zero-order valence-corrected chi connectivity index (χ0v) is 44.2. The van der Waals surface area contributed by atoms with Gasteiger partial charge in [-0.05, 0) is 165 Å². The molecule has 2 saturated heterocycles. The molecule has 2 aromatic rings. The van der Waals surface area contributed by atoms with E-state index in [1.165, 1.54) is 0 Å². The van der Waals surface area contributed by atoms with E-state index in [1.807, 2.05) is 36.4 Å². The second kappa shape index (κ2) is 23.5. The summed E-state index contributed by atoms with van der Waals surface area (Å²) in [6.45, 7) is 31.9. The summed E-state index contributed by atoms with van der Waals surface area (Å²) in [7, 11) is -11.5. The van der Waals surface area contributed by atoms with Gasteiger partial charge in [0.2, 0.25) is 0 Å². The van der Waals surface area contributed by atoms with Gasteiger partial charge in [-0.1, -0.05) is 36.4 Å². The number of ether oxygens (including phenoxy) is 4. The van der Waals surface area contributed by atoms with Crippen molar-refractivity contribution in [2.45, 2.75) is 153 Å². The Hall–Kier alpha value is -0.979. The van der Waals surface area contributed by atoms with Crippen LogP contribution in [0, 0.1) is 0 Å². The fourth-order valence-corrected chi connectivity index (χ4v) is 35.8. The minimum Gasteiger partial charge on any atom is -0.508 e. The summed E-state index contributed by atoms with van der Waals surface area (Å²) in [5, 5.41) is 19.9. The summed E-state index contributed by atoms with van der Waals surface area (Å²) in [5.74, 6) is 0.773. The maximum Gasteiger partial charge on any atom is 0.311 e. The molecule has 0 aliphatic carbocycles. The van der Waals surface area contributed by atoms with Gasteiger partial charge in [0.1, 0.15) is 23.7 Å². The summed E-state index contributed by atoms with van der Waals surface area (Å²) in [5.41, 5.74) is 2.02. The molecular weight excluding hydrogens is 833 g/mol. The van der Waals surface area contributed by atoms with Gasteiger partial charge >= 0.3 is 17.1 Å². The van der Waals surface area contributed by atoms with Gasteiger partial charge in [-0.3, -0.25) is 0 Å². The van der Waals surface area contributed by atoms with Crippen molar-refractivity contribution in [3.63, 3.8) is 0 Å². The highest BCUT2D eigenvalue weighted by Crippen LogP contribution is 2.29. The van der Waals surface area contributed by atoms with E-state index in [1.54, 1.807) is 12.1 Å². The van der Waals surface area contributed by atoms with E-state index in [4.69, 9.17) is 35.4 Å². The zero-order chi connectivity index (χ0) is 43.1. The van der Waals surface area contributed by atoms with Crippen LogP contribution in [0.4, 0.5) is 0 Å². The van der Waals surface area contributed by atoms with Crippen LogP contribution in [0.1, 0.15) is 36.8 Å². The number of phenols is 2. The summed E-state index contributed by atoms with van der Waals surface area (Å²) >= 11 is 0. The Balaban J connectivity index is 0.000000313. The molecule has 10 nitrogen and oxygen atoms in total. The molecule has 0 bridgehead atoms. The number of rotatable bonds is 28. The Morgan fingerprint density at radius 3 is 1.07 bits per heavy atom. The van der Waals surface area contributed by atoms with Crippen LogP contribution in [0.5, 0.6) is 11.5 Å². The minimum atomic E-state index is -2.23. The average molecular weight is 914 g/mol. The van der Waals surface area contributed by atoms with E-state index < -0.39 is 50.4 Å². The van der Waals surface area contributed by atoms with Gasteiger partial charge in [-0.25, -0.2) is 0 Å². The van der Waals surface area contributed by atoms with E-state index in [0.29, 0.717) is 23.7 Å². The van der Waals surface area contributed by atoms with E-state index in [-0.39, 0.29) is 0 Å². The van der Waals surface area contributed by atoms with Crippen molar-refractivity contribution in [3.8, 4) is 11.5 Å². The molecule has 0 saturated carbocycles. The summed E-state index contributed by atoms with van der Waals surface area (Å²) < 4.78 is 48.3. The van der Waals surface area contributed by atoms with Crippen LogP contribution >= 0.6 is 0 Å². The molecule has 2 heterocycles.